The molecule has 0 aliphatic heterocycles. The monoisotopic (exact) mass is 441 g/mol. The van der Waals surface area contributed by atoms with Gasteiger partial charge in [-0.05, 0) is 43.2 Å². The molecule has 1 amide bonds. The van der Waals surface area contributed by atoms with E-state index in [1.54, 1.807) is 6.20 Å². The standard InChI is InChI=1S/C25H23N5OS/c1-17-11-13-18(14-12-17)16-30-22(27-20-7-5-15-26-24(20)30)9-4-10-23(31)29-25-28-19-6-2-3-8-21(19)32-25/h2-3,5-8,11-15H,4,9-10,16H2,1H3,(H,28,29,31). The van der Waals surface area contributed by atoms with Crippen LogP contribution < -0.4 is 5.32 Å². The zero-order valence-electron chi connectivity index (χ0n) is 17.8. The number of nitrogens with one attached hydrogen (secondary N) is 1. The van der Waals surface area contributed by atoms with Crippen LogP contribution in [0, 0.1) is 6.92 Å². The summed E-state index contributed by atoms with van der Waals surface area (Å²) in [7, 11) is 0. The van der Waals surface area contributed by atoms with E-state index in [-0.39, 0.29) is 5.91 Å². The van der Waals surface area contributed by atoms with Crippen molar-refractivity contribution in [3.05, 3.63) is 83.8 Å². The van der Waals surface area contributed by atoms with Gasteiger partial charge < -0.3 is 9.88 Å². The molecule has 7 heteroatoms. The van der Waals surface area contributed by atoms with Crippen molar-refractivity contribution < 1.29 is 4.79 Å². The summed E-state index contributed by atoms with van der Waals surface area (Å²) < 4.78 is 3.23. The zero-order valence-corrected chi connectivity index (χ0v) is 18.6. The Morgan fingerprint density at radius 3 is 2.66 bits per heavy atom. The molecule has 5 rings (SSSR count). The number of hydrogen-bond donors (Lipinski definition) is 1. The van der Waals surface area contributed by atoms with E-state index < -0.39 is 0 Å². The van der Waals surface area contributed by atoms with E-state index >= 15 is 0 Å². The van der Waals surface area contributed by atoms with Gasteiger partial charge in [0.2, 0.25) is 5.91 Å². The molecule has 5 aromatic rings. The highest BCUT2D eigenvalue weighted by Gasteiger charge is 2.13. The van der Waals surface area contributed by atoms with Crippen molar-refractivity contribution in [3.63, 3.8) is 0 Å². The van der Waals surface area contributed by atoms with Gasteiger partial charge in [0.05, 0.1) is 16.8 Å². The predicted molar refractivity (Wildman–Crippen MR) is 129 cm³/mol. The molecule has 0 aliphatic carbocycles. The molecule has 0 saturated carbocycles. The van der Waals surface area contributed by atoms with Crippen molar-refractivity contribution in [1.82, 2.24) is 19.5 Å². The van der Waals surface area contributed by atoms with Gasteiger partial charge in [0, 0.05) is 19.0 Å². The first-order valence-corrected chi connectivity index (χ1v) is 11.5. The van der Waals surface area contributed by atoms with Gasteiger partial charge in [0.1, 0.15) is 11.3 Å². The van der Waals surface area contributed by atoms with Crippen LogP contribution in [-0.2, 0) is 17.8 Å². The molecule has 0 unspecified atom stereocenters. The molecular formula is C25H23N5OS. The average molecular weight is 442 g/mol. The Morgan fingerprint density at radius 1 is 1.00 bits per heavy atom. The number of carbonyl (C=O) groups is 1. The number of thiazole rings is 1. The summed E-state index contributed by atoms with van der Waals surface area (Å²) in [4.78, 5) is 26.3. The van der Waals surface area contributed by atoms with Gasteiger partial charge in [0.25, 0.3) is 0 Å². The number of aryl methyl sites for hydroxylation is 2. The van der Waals surface area contributed by atoms with Gasteiger partial charge in [-0.2, -0.15) is 0 Å². The van der Waals surface area contributed by atoms with Crippen LogP contribution >= 0.6 is 11.3 Å². The number of carbonyl (C=O) groups excluding carboxylic acids is 1. The third-order valence-electron chi connectivity index (χ3n) is 5.39. The summed E-state index contributed by atoms with van der Waals surface area (Å²) in [5.41, 5.74) is 5.11. The van der Waals surface area contributed by atoms with Crippen LogP contribution in [0.15, 0.2) is 66.9 Å². The van der Waals surface area contributed by atoms with E-state index in [9.17, 15) is 4.79 Å². The number of imidazole rings is 1. The van der Waals surface area contributed by atoms with Crippen LogP contribution in [0.1, 0.15) is 29.8 Å². The number of rotatable bonds is 7. The Labute approximate surface area is 190 Å². The smallest absolute Gasteiger partial charge is 0.226 e. The molecular weight excluding hydrogens is 418 g/mol. The minimum Gasteiger partial charge on any atom is -0.308 e. The lowest BCUT2D eigenvalue weighted by Gasteiger charge is -2.09. The van der Waals surface area contributed by atoms with Gasteiger partial charge in [0.15, 0.2) is 10.8 Å². The Kier molecular flexibility index (Phi) is 5.64. The Morgan fingerprint density at radius 2 is 1.81 bits per heavy atom. The number of hydrogen-bond acceptors (Lipinski definition) is 5. The summed E-state index contributed by atoms with van der Waals surface area (Å²) in [5, 5.41) is 3.58. The minimum absolute atomic E-state index is 0.0247. The molecule has 0 saturated heterocycles. The highest BCUT2D eigenvalue weighted by atomic mass is 32.1. The number of anilines is 1. The zero-order chi connectivity index (χ0) is 21.9. The van der Waals surface area contributed by atoms with Crippen molar-refractivity contribution >= 4 is 43.8 Å². The lowest BCUT2D eigenvalue weighted by Crippen LogP contribution is -2.12. The van der Waals surface area contributed by atoms with Gasteiger partial charge >= 0.3 is 0 Å². The fraction of sp³-hybridized carbons (Fsp3) is 0.200. The first-order valence-electron chi connectivity index (χ1n) is 10.7. The number of nitrogens with zero attached hydrogens (tertiary/aromatic N) is 4. The fourth-order valence-electron chi connectivity index (χ4n) is 3.75. The van der Waals surface area contributed by atoms with E-state index in [0.717, 1.165) is 27.2 Å². The average Bonchev–Trinajstić information content (AvgIpc) is 3.36. The van der Waals surface area contributed by atoms with Crippen LogP contribution in [0.3, 0.4) is 0 Å². The number of amides is 1. The molecule has 0 radical (unpaired) electrons. The van der Waals surface area contributed by atoms with Crippen LogP contribution in [0.4, 0.5) is 5.13 Å². The lowest BCUT2D eigenvalue weighted by atomic mass is 10.1. The number of aromatic nitrogens is 4. The van der Waals surface area contributed by atoms with E-state index in [1.807, 2.05) is 36.4 Å². The third kappa shape index (κ3) is 4.38. The van der Waals surface area contributed by atoms with Crippen molar-refractivity contribution in [1.29, 1.82) is 0 Å². The maximum absolute atomic E-state index is 12.5. The molecule has 32 heavy (non-hydrogen) atoms. The third-order valence-corrected chi connectivity index (χ3v) is 6.34. The molecule has 0 spiro atoms. The van der Waals surface area contributed by atoms with E-state index in [0.29, 0.717) is 30.9 Å². The Balaban J connectivity index is 1.27. The van der Waals surface area contributed by atoms with Crippen LogP contribution in [0.25, 0.3) is 21.4 Å². The van der Waals surface area contributed by atoms with Crippen molar-refractivity contribution in [2.24, 2.45) is 0 Å². The molecule has 0 atom stereocenters. The molecule has 160 valence electrons. The number of benzene rings is 2. The molecule has 3 aromatic heterocycles. The largest absolute Gasteiger partial charge is 0.308 e. The minimum atomic E-state index is -0.0247. The Bertz CT molecular complexity index is 1350. The van der Waals surface area contributed by atoms with Crippen molar-refractivity contribution in [3.8, 4) is 0 Å². The van der Waals surface area contributed by atoms with Crippen LogP contribution in [-0.4, -0.2) is 25.4 Å². The molecule has 2 aromatic carbocycles. The van der Waals surface area contributed by atoms with Crippen molar-refractivity contribution in [2.45, 2.75) is 32.7 Å². The van der Waals surface area contributed by atoms with Gasteiger partial charge in [-0.15, -0.1) is 0 Å². The second-order valence-corrected chi connectivity index (χ2v) is 8.87. The molecule has 0 bridgehead atoms. The van der Waals surface area contributed by atoms with E-state index in [1.165, 1.54) is 22.5 Å². The second kappa shape index (κ2) is 8.88. The Hall–Kier alpha value is -3.58. The summed E-state index contributed by atoms with van der Waals surface area (Å²) in [6.45, 7) is 2.80. The number of fused-ring (bicyclic) bond motifs is 2. The highest BCUT2D eigenvalue weighted by molar-refractivity contribution is 7.22. The van der Waals surface area contributed by atoms with E-state index in [4.69, 9.17) is 4.98 Å². The van der Waals surface area contributed by atoms with Crippen LogP contribution in [0.5, 0.6) is 0 Å². The normalized spacial score (nSPS) is 11.3. The number of para-hydroxylation sites is 1. The van der Waals surface area contributed by atoms with Crippen molar-refractivity contribution in [2.75, 3.05) is 5.32 Å². The van der Waals surface area contributed by atoms with Gasteiger partial charge in [-0.1, -0.05) is 53.3 Å². The van der Waals surface area contributed by atoms with E-state index in [2.05, 4.69) is 51.0 Å². The quantitative estimate of drug-likeness (QED) is 0.369. The first-order chi connectivity index (χ1) is 15.7. The fourth-order valence-corrected chi connectivity index (χ4v) is 4.63. The van der Waals surface area contributed by atoms with Gasteiger partial charge in [-0.3, -0.25) is 4.79 Å². The highest BCUT2D eigenvalue weighted by Crippen LogP contribution is 2.25. The topological polar surface area (TPSA) is 72.7 Å². The first kappa shape index (κ1) is 20.3. The lowest BCUT2D eigenvalue weighted by molar-refractivity contribution is -0.116. The molecule has 0 fully saturated rings. The summed E-state index contributed by atoms with van der Waals surface area (Å²) >= 11 is 1.50. The maximum atomic E-state index is 12.5. The predicted octanol–water partition coefficient (Wildman–Crippen LogP) is 5.36. The molecule has 1 N–H and O–H groups in total. The van der Waals surface area contributed by atoms with Crippen LogP contribution in [0.2, 0.25) is 0 Å². The molecule has 6 nitrogen and oxygen atoms in total. The second-order valence-electron chi connectivity index (χ2n) is 7.83. The molecule has 3 heterocycles. The summed E-state index contributed by atoms with van der Waals surface area (Å²) in [6, 6.07) is 20.3. The van der Waals surface area contributed by atoms with Gasteiger partial charge in [-0.25, -0.2) is 15.0 Å². The summed E-state index contributed by atoms with van der Waals surface area (Å²) in [6.07, 6.45) is 3.62. The molecule has 0 aliphatic rings. The SMILES string of the molecule is Cc1ccc(Cn2c(CCCC(=O)Nc3nc4ccccc4s3)nc3cccnc32)cc1. The maximum Gasteiger partial charge on any atom is 0.226 e. The summed E-state index contributed by atoms with van der Waals surface area (Å²) in [5.74, 6) is 0.926. The number of pyridine rings is 1.